The molecule has 1 amide bonds. The lowest BCUT2D eigenvalue weighted by Crippen LogP contribution is -2.47. The highest BCUT2D eigenvalue weighted by atomic mass is 16.6. The van der Waals surface area contributed by atoms with Crippen molar-refractivity contribution < 1.29 is 19.4 Å². The van der Waals surface area contributed by atoms with Crippen molar-refractivity contribution in [2.24, 2.45) is 0 Å². The molecule has 2 N–H and O–H groups in total. The van der Waals surface area contributed by atoms with E-state index in [4.69, 9.17) is 9.84 Å². The van der Waals surface area contributed by atoms with Gasteiger partial charge in [-0.2, -0.15) is 0 Å². The van der Waals surface area contributed by atoms with Gasteiger partial charge in [-0.25, -0.2) is 9.59 Å². The van der Waals surface area contributed by atoms with Crippen molar-refractivity contribution in [1.82, 2.24) is 5.32 Å². The van der Waals surface area contributed by atoms with E-state index in [1.54, 1.807) is 39.0 Å². The maximum absolute atomic E-state index is 11.8. The quantitative estimate of drug-likeness (QED) is 0.893. The van der Waals surface area contributed by atoms with Crippen LogP contribution < -0.4 is 5.32 Å². The molecule has 1 aromatic rings. The monoisotopic (exact) mass is 293 g/mol. The first-order valence-corrected chi connectivity index (χ1v) is 6.82. The Morgan fingerprint density at radius 3 is 2.33 bits per heavy atom. The average molecular weight is 293 g/mol. The predicted molar refractivity (Wildman–Crippen MR) is 80.6 cm³/mol. The molecule has 0 aromatic heterocycles. The lowest BCUT2D eigenvalue weighted by atomic mass is 9.94. The summed E-state index contributed by atoms with van der Waals surface area (Å²) in [5, 5.41) is 11.8. The molecule has 0 atom stereocenters. The standard InChI is InChI=1S/C16H23NO4/c1-15(2,3)21-14(20)17-16(4,5)10-11-7-6-8-12(9-11)13(18)19/h6-9H,10H2,1-5H3,(H,17,20)(H,18,19). The summed E-state index contributed by atoms with van der Waals surface area (Å²) in [4.78, 5) is 22.8. The van der Waals surface area contributed by atoms with Crippen LogP contribution in [0.2, 0.25) is 0 Å². The van der Waals surface area contributed by atoms with Crippen LogP contribution in [0.5, 0.6) is 0 Å². The smallest absolute Gasteiger partial charge is 0.408 e. The van der Waals surface area contributed by atoms with Gasteiger partial charge in [0.05, 0.1) is 5.56 Å². The van der Waals surface area contributed by atoms with E-state index in [9.17, 15) is 9.59 Å². The minimum Gasteiger partial charge on any atom is -0.478 e. The summed E-state index contributed by atoms with van der Waals surface area (Å²) in [6.07, 6.45) is 0.0229. The third-order valence-corrected chi connectivity index (χ3v) is 2.66. The van der Waals surface area contributed by atoms with E-state index >= 15 is 0 Å². The van der Waals surface area contributed by atoms with E-state index in [0.29, 0.717) is 6.42 Å². The minimum absolute atomic E-state index is 0.237. The molecule has 0 saturated carbocycles. The fourth-order valence-corrected chi connectivity index (χ4v) is 1.95. The molecule has 1 aromatic carbocycles. The molecule has 0 unspecified atom stereocenters. The van der Waals surface area contributed by atoms with Crippen LogP contribution >= 0.6 is 0 Å². The number of carbonyl (C=O) groups excluding carboxylic acids is 1. The molecule has 116 valence electrons. The lowest BCUT2D eigenvalue weighted by molar-refractivity contribution is 0.0471. The number of hydrogen-bond acceptors (Lipinski definition) is 3. The number of ether oxygens (including phenoxy) is 1. The number of amides is 1. The Morgan fingerprint density at radius 1 is 1.19 bits per heavy atom. The molecule has 0 aliphatic rings. The van der Waals surface area contributed by atoms with Gasteiger partial charge in [-0.05, 0) is 58.7 Å². The van der Waals surface area contributed by atoms with Gasteiger partial charge in [0.25, 0.3) is 0 Å². The number of carboxylic acids is 1. The van der Waals surface area contributed by atoms with Gasteiger partial charge >= 0.3 is 12.1 Å². The minimum atomic E-state index is -0.963. The van der Waals surface area contributed by atoms with E-state index in [-0.39, 0.29) is 5.56 Å². The second-order valence-corrected chi connectivity index (χ2v) is 6.69. The fraction of sp³-hybridized carbons (Fsp3) is 0.500. The maximum Gasteiger partial charge on any atom is 0.408 e. The van der Waals surface area contributed by atoms with Crippen LogP contribution in [0.25, 0.3) is 0 Å². The normalized spacial score (nSPS) is 11.9. The SMILES string of the molecule is CC(C)(Cc1cccc(C(=O)O)c1)NC(=O)OC(C)(C)C. The molecule has 0 radical (unpaired) electrons. The number of aromatic carboxylic acids is 1. The largest absolute Gasteiger partial charge is 0.478 e. The fourth-order valence-electron chi connectivity index (χ4n) is 1.95. The predicted octanol–water partition coefficient (Wildman–Crippen LogP) is 3.23. The van der Waals surface area contributed by atoms with Crippen LogP contribution in [0.15, 0.2) is 24.3 Å². The highest BCUT2D eigenvalue weighted by Gasteiger charge is 2.25. The Morgan fingerprint density at radius 2 is 1.81 bits per heavy atom. The van der Waals surface area contributed by atoms with Gasteiger partial charge in [-0.1, -0.05) is 12.1 Å². The van der Waals surface area contributed by atoms with Gasteiger partial charge in [-0.3, -0.25) is 0 Å². The Hall–Kier alpha value is -2.04. The van der Waals surface area contributed by atoms with Gasteiger partial charge in [0, 0.05) is 5.54 Å². The molecule has 0 heterocycles. The number of carbonyl (C=O) groups is 2. The van der Waals surface area contributed by atoms with Gasteiger partial charge in [0.15, 0.2) is 0 Å². The average Bonchev–Trinajstić information content (AvgIpc) is 2.24. The van der Waals surface area contributed by atoms with Crippen LogP contribution in [0.3, 0.4) is 0 Å². The summed E-state index contributed by atoms with van der Waals surface area (Å²) in [6.45, 7) is 9.14. The summed E-state index contributed by atoms with van der Waals surface area (Å²) in [5.74, 6) is -0.963. The van der Waals surface area contributed by atoms with Crippen molar-refractivity contribution in [1.29, 1.82) is 0 Å². The van der Waals surface area contributed by atoms with Gasteiger partial charge in [-0.15, -0.1) is 0 Å². The summed E-state index contributed by atoms with van der Waals surface area (Å²) in [5.41, 5.74) is -0.0143. The first-order chi connectivity index (χ1) is 9.48. The number of nitrogens with one attached hydrogen (secondary N) is 1. The lowest BCUT2D eigenvalue weighted by Gasteiger charge is -2.28. The van der Waals surface area contributed by atoms with Gasteiger partial charge < -0.3 is 15.2 Å². The highest BCUT2D eigenvalue weighted by Crippen LogP contribution is 2.16. The Labute approximate surface area is 125 Å². The molecule has 5 nitrogen and oxygen atoms in total. The first kappa shape index (κ1) is 17.0. The summed E-state index contributed by atoms with van der Waals surface area (Å²) < 4.78 is 5.23. The van der Waals surface area contributed by atoms with Gasteiger partial charge in [0.1, 0.15) is 5.60 Å². The van der Waals surface area contributed by atoms with Crippen LogP contribution in [0.4, 0.5) is 4.79 Å². The molecule has 0 aliphatic carbocycles. The zero-order chi connectivity index (χ0) is 16.3. The Bertz CT molecular complexity index is 529. The van der Waals surface area contributed by atoms with Crippen molar-refractivity contribution in [2.75, 3.05) is 0 Å². The number of benzene rings is 1. The molecule has 0 saturated heterocycles. The molecular weight excluding hydrogens is 270 g/mol. The molecule has 0 bridgehead atoms. The highest BCUT2D eigenvalue weighted by molar-refractivity contribution is 5.87. The van der Waals surface area contributed by atoms with E-state index in [2.05, 4.69) is 5.32 Å². The first-order valence-electron chi connectivity index (χ1n) is 6.82. The van der Waals surface area contributed by atoms with Crippen LogP contribution in [-0.2, 0) is 11.2 Å². The van der Waals surface area contributed by atoms with Gasteiger partial charge in [0.2, 0.25) is 0 Å². The van der Waals surface area contributed by atoms with E-state index < -0.39 is 23.2 Å². The second kappa shape index (κ2) is 6.16. The van der Waals surface area contributed by atoms with E-state index in [1.807, 2.05) is 19.9 Å². The number of alkyl carbamates (subject to hydrolysis) is 1. The van der Waals surface area contributed by atoms with Crippen LogP contribution in [0, 0.1) is 0 Å². The molecule has 0 aliphatic heterocycles. The van der Waals surface area contributed by atoms with E-state index in [0.717, 1.165) is 5.56 Å². The molecular formula is C16H23NO4. The number of rotatable bonds is 4. The Balaban J connectivity index is 2.74. The van der Waals surface area contributed by atoms with Crippen molar-refractivity contribution in [3.8, 4) is 0 Å². The van der Waals surface area contributed by atoms with Crippen LogP contribution in [-0.4, -0.2) is 28.3 Å². The topological polar surface area (TPSA) is 75.6 Å². The molecule has 0 spiro atoms. The maximum atomic E-state index is 11.8. The van der Waals surface area contributed by atoms with Crippen molar-refractivity contribution >= 4 is 12.1 Å². The summed E-state index contributed by atoms with van der Waals surface area (Å²) in [7, 11) is 0. The third kappa shape index (κ3) is 6.29. The Kier molecular flexibility index (Phi) is 4.99. The molecule has 1 rings (SSSR count). The molecule has 21 heavy (non-hydrogen) atoms. The summed E-state index contributed by atoms with van der Waals surface area (Å²) in [6, 6.07) is 6.69. The second-order valence-electron chi connectivity index (χ2n) is 6.69. The van der Waals surface area contributed by atoms with Crippen molar-refractivity contribution in [2.45, 2.75) is 52.2 Å². The number of hydrogen-bond donors (Lipinski definition) is 2. The van der Waals surface area contributed by atoms with Crippen molar-refractivity contribution in [3.05, 3.63) is 35.4 Å². The van der Waals surface area contributed by atoms with Crippen molar-refractivity contribution in [3.63, 3.8) is 0 Å². The molecule has 0 fully saturated rings. The van der Waals surface area contributed by atoms with Crippen LogP contribution in [0.1, 0.15) is 50.5 Å². The zero-order valence-corrected chi connectivity index (χ0v) is 13.2. The van der Waals surface area contributed by atoms with E-state index in [1.165, 1.54) is 0 Å². The zero-order valence-electron chi connectivity index (χ0n) is 13.2. The molecule has 5 heteroatoms. The number of carboxylic acid groups (broad SMARTS) is 1. The summed E-state index contributed by atoms with van der Waals surface area (Å²) >= 11 is 0. The third-order valence-electron chi connectivity index (χ3n) is 2.66.